The van der Waals surface area contributed by atoms with Gasteiger partial charge in [0.1, 0.15) is 0 Å². The van der Waals surface area contributed by atoms with Gasteiger partial charge >= 0.3 is 0 Å². The van der Waals surface area contributed by atoms with Crippen molar-refractivity contribution in [2.24, 2.45) is 0 Å². The molecule has 0 bridgehead atoms. The fourth-order valence-corrected chi connectivity index (χ4v) is 2.39. The van der Waals surface area contributed by atoms with E-state index in [0.29, 0.717) is 0 Å². The Labute approximate surface area is 82.1 Å². The maximum absolute atomic E-state index is 10.9. The minimum absolute atomic E-state index is 0.812. The Balaban J connectivity index is 2.47. The monoisotopic (exact) mass is 185 g/mol. The van der Waals surface area contributed by atoms with Crippen LogP contribution in [0.2, 0.25) is 0 Å². The van der Waals surface area contributed by atoms with Crippen LogP contribution in [-0.4, -0.2) is 10.9 Å². The molecule has 1 aliphatic rings. The van der Waals surface area contributed by atoms with Gasteiger partial charge in [-0.3, -0.25) is 4.79 Å². The number of para-hydroxylation sites is 1. The zero-order chi connectivity index (χ0) is 9.54. The molecule has 1 aromatic carbocycles. The van der Waals surface area contributed by atoms with E-state index >= 15 is 0 Å². The second kappa shape index (κ2) is 2.71. The van der Waals surface area contributed by atoms with E-state index in [1.165, 1.54) is 16.5 Å². The molecule has 70 valence electrons. The lowest BCUT2D eigenvalue weighted by molar-refractivity contribution is 0.111. The molecule has 2 heteroatoms. The molecule has 0 radical (unpaired) electrons. The van der Waals surface area contributed by atoms with Crippen LogP contribution in [-0.2, 0) is 13.0 Å². The third-order valence-electron chi connectivity index (χ3n) is 2.98. The van der Waals surface area contributed by atoms with Crippen LogP contribution in [0.3, 0.4) is 0 Å². The highest BCUT2D eigenvalue weighted by Crippen LogP contribution is 2.27. The molecular formula is C12H11NO. The van der Waals surface area contributed by atoms with Crippen molar-refractivity contribution in [3.8, 4) is 0 Å². The molecule has 14 heavy (non-hydrogen) atoms. The standard InChI is InChI=1S/C12H11NO/c14-8-11-7-10-4-1-3-9-5-2-6-13(11)12(9)10/h1,3-4,7-8H,2,5-6H2. The average molecular weight is 185 g/mol. The first-order valence-corrected chi connectivity index (χ1v) is 4.96. The topological polar surface area (TPSA) is 22.0 Å². The van der Waals surface area contributed by atoms with E-state index in [2.05, 4.69) is 22.8 Å². The Morgan fingerprint density at radius 2 is 2.29 bits per heavy atom. The predicted octanol–water partition coefficient (Wildman–Crippen LogP) is 2.40. The van der Waals surface area contributed by atoms with E-state index in [4.69, 9.17) is 0 Å². The van der Waals surface area contributed by atoms with Gasteiger partial charge in [0.05, 0.1) is 11.2 Å². The predicted molar refractivity (Wildman–Crippen MR) is 55.6 cm³/mol. The molecule has 0 spiro atoms. The number of aryl methyl sites for hydroxylation is 2. The van der Waals surface area contributed by atoms with Crippen molar-refractivity contribution in [2.75, 3.05) is 0 Å². The number of hydrogen-bond donors (Lipinski definition) is 0. The zero-order valence-electron chi connectivity index (χ0n) is 7.86. The summed E-state index contributed by atoms with van der Waals surface area (Å²) in [6.07, 6.45) is 3.23. The van der Waals surface area contributed by atoms with Gasteiger partial charge in [0.15, 0.2) is 6.29 Å². The Hall–Kier alpha value is -1.57. The normalized spacial score (nSPS) is 14.6. The number of carbonyl (C=O) groups is 1. The molecule has 0 N–H and O–H groups in total. The quantitative estimate of drug-likeness (QED) is 0.625. The van der Waals surface area contributed by atoms with E-state index in [1.807, 2.05) is 6.07 Å². The maximum Gasteiger partial charge on any atom is 0.166 e. The molecule has 0 amide bonds. The van der Waals surface area contributed by atoms with Crippen molar-refractivity contribution in [2.45, 2.75) is 19.4 Å². The number of benzene rings is 1. The van der Waals surface area contributed by atoms with Gasteiger partial charge in [0, 0.05) is 11.9 Å². The van der Waals surface area contributed by atoms with E-state index in [-0.39, 0.29) is 0 Å². The van der Waals surface area contributed by atoms with E-state index < -0.39 is 0 Å². The Bertz CT molecular complexity index is 510. The molecule has 2 aromatic rings. The molecule has 0 atom stereocenters. The first-order valence-electron chi connectivity index (χ1n) is 4.96. The first-order chi connectivity index (χ1) is 6.90. The molecule has 0 unspecified atom stereocenters. The number of aldehydes is 1. The van der Waals surface area contributed by atoms with Gasteiger partial charge in [-0.05, 0) is 24.5 Å². The largest absolute Gasteiger partial charge is 0.338 e. The van der Waals surface area contributed by atoms with Crippen molar-refractivity contribution in [1.29, 1.82) is 0 Å². The summed E-state index contributed by atoms with van der Waals surface area (Å²) in [6, 6.07) is 8.29. The molecule has 0 saturated heterocycles. The van der Waals surface area contributed by atoms with Crippen LogP contribution in [0.5, 0.6) is 0 Å². The van der Waals surface area contributed by atoms with Crippen LogP contribution in [0.4, 0.5) is 0 Å². The Morgan fingerprint density at radius 3 is 3.14 bits per heavy atom. The summed E-state index contributed by atoms with van der Waals surface area (Å²) in [5, 5.41) is 1.20. The molecule has 0 saturated carbocycles. The van der Waals surface area contributed by atoms with Crippen LogP contribution < -0.4 is 0 Å². The number of aromatic nitrogens is 1. The lowest BCUT2D eigenvalue weighted by Gasteiger charge is -2.16. The maximum atomic E-state index is 10.9. The van der Waals surface area contributed by atoms with E-state index in [9.17, 15) is 4.79 Å². The molecule has 0 aliphatic carbocycles. The average Bonchev–Trinajstić information content (AvgIpc) is 2.60. The van der Waals surface area contributed by atoms with E-state index in [0.717, 1.165) is 31.4 Å². The Morgan fingerprint density at radius 1 is 1.36 bits per heavy atom. The number of nitrogens with zero attached hydrogens (tertiary/aromatic N) is 1. The number of rotatable bonds is 1. The minimum Gasteiger partial charge on any atom is -0.338 e. The van der Waals surface area contributed by atoms with Crippen molar-refractivity contribution < 1.29 is 4.79 Å². The summed E-state index contributed by atoms with van der Waals surface area (Å²) in [6.45, 7) is 0.981. The van der Waals surface area contributed by atoms with Gasteiger partial charge in [-0.25, -0.2) is 0 Å². The lowest BCUT2D eigenvalue weighted by atomic mass is 10.0. The second-order valence-electron chi connectivity index (χ2n) is 3.80. The molecule has 2 heterocycles. The van der Waals surface area contributed by atoms with Gasteiger partial charge in [0.25, 0.3) is 0 Å². The molecule has 2 nitrogen and oxygen atoms in total. The first kappa shape index (κ1) is 7.80. The molecule has 1 aliphatic heterocycles. The van der Waals surface area contributed by atoms with Crippen LogP contribution in [0.25, 0.3) is 10.9 Å². The van der Waals surface area contributed by atoms with Crippen LogP contribution in [0.1, 0.15) is 22.5 Å². The zero-order valence-corrected chi connectivity index (χ0v) is 7.86. The summed E-state index contributed by atoms with van der Waals surface area (Å²) in [7, 11) is 0. The summed E-state index contributed by atoms with van der Waals surface area (Å²) >= 11 is 0. The van der Waals surface area contributed by atoms with Gasteiger partial charge in [0.2, 0.25) is 0 Å². The fourth-order valence-electron chi connectivity index (χ4n) is 2.39. The van der Waals surface area contributed by atoms with E-state index in [1.54, 1.807) is 0 Å². The van der Waals surface area contributed by atoms with Gasteiger partial charge in [-0.15, -0.1) is 0 Å². The summed E-state index contributed by atoms with van der Waals surface area (Å²) < 4.78 is 2.14. The molecule has 0 fully saturated rings. The SMILES string of the molecule is O=Cc1cc2cccc3c2n1CCC3. The van der Waals surface area contributed by atoms with Crippen LogP contribution in [0.15, 0.2) is 24.3 Å². The number of hydrogen-bond acceptors (Lipinski definition) is 1. The van der Waals surface area contributed by atoms with Gasteiger partial charge in [-0.1, -0.05) is 18.2 Å². The van der Waals surface area contributed by atoms with Crippen LogP contribution >= 0.6 is 0 Å². The fraction of sp³-hybridized carbons (Fsp3) is 0.250. The summed E-state index contributed by atoms with van der Waals surface area (Å²) in [5.74, 6) is 0. The minimum atomic E-state index is 0.812. The highest BCUT2D eigenvalue weighted by molar-refractivity contribution is 5.91. The van der Waals surface area contributed by atoms with Gasteiger partial charge in [-0.2, -0.15) is 0 Å². The highest BCUT2D eigenvalue weighted by Gasteiger charge is 2.15. The third-order valence-corrected chi connectivity index (χ3v) is 2.98. The Kier molecular flexibility index (Phi) is 1.51. The van der Waals surface area contributed by atoms with Crippen molar-refractivity contribution in [3.05, 3.63) is 35.5 Å². The van der Waals surface area contributed by atoms with Crippen molar-refractivity contribution in [1.82, 2.24) is 4.57 Å². The highest BCUT2D eigenvalue weighted by atomic mass is 16.1. The van der Waals surface area contributed by atoms with Crippen molar-refractivity contribution >= 4 is 17.2 Å². The second-order valence-corrected chi connectivity index (χ2v) is 3.80. The third kappa shape index (κ3) is 0.882. The lowest BCUT2D eigenvalue weighted by Crippen LogP contribution is -2.09. The summed E-state index contributed by atoms with van der Waals surface area (Å²) in [5.41, 5.74) is 3.45. The summed E-state index contributed by atoms with van der Waals surface area (Å²) in [4.78, 5) is 10.9. The van der Waals surface area contributed by atoms with Gasteiger partial charge < -0.3 is 4.57 Å². The molecule has 1 aromatic heterocycles. The van der Waals surface area contributed by atoms with Crippen LogP contribution in [0, 0.1) is 0 Å². The number of carbonyl (C=O) groups excluding carboxylic acids is 1. The van der Waals surface area contributed by atoms with Crippen molar-refractivity contribution in [3.63, 3.8) is 0 Å². The molecule has 3 rings (SSSR count). The molecular weight excluding hydrogens is 174 g/mol. The smallest absolute Gasteiger partial charge is 0.166 e.